The van der Waals surface area contributed by atoms with E-state index in [2.05, 4.69) is 0 Å². The Labute approximate surface area is 122 Å². The van der Waals surface area contributed by atoms with E-state index in [0.717, 1.165) is 10.8 Å². The fourth-order valence-corrected chi connectivity index (χ4v) is 2.31. The fraction of sp³-hybridized carbons (Fsp3) is 0.111. The monoisotopic (exact) mass is 282 g/mol. The number of fused-ring (bicyclic) bond motifs is 1. The van der Waals surface area contributed by atoms with E-state index in [0.29, 0.717) is 11.3 Å². The van der Waals surface area contributed by atoms with Crippen LogP contribution in [0, 0.1) is 5.82 Å². The minimum Gasteiger partial charge on any atom is -0.454 e. The van der Waals surface area contributed by atoms with Crippen molar-refractivity contribution >= 4 is 10.8 Å². The third kappa shape index (κ3) is 2.73. The second-order valence-corrected chi connectivity index (χ2v) is 4.95. The van der Waals surface area contributed by atoms with E-state index in [1.165, 1.54) is 6.07 Å². The van der Waals surface area contributed by atoms with Gasteiger partial charge in [0, 0.05) is 5.56 Å². The molecule has 0 saturated heterocycles. The summed E-state index contributed by atoms with van der Waals surface area (Å²) in [5.41, 5.74) is 0.433. The van der Waals surface area contributed by atoms with Crippen LogP contribution < -0.4 is 4.74 Å². The van der Waals surface area contributed by atoms with Gasteiger partial charge < -0.3 is 9.84 Å². The quantitative estimate of drug-likeness (QED) is 0.746. The Bertz CT molecular complexity index is 781. The lowest BCUT2D eigenvalue weighted by atomic mass is 10.1. The summed E-state index contributed by atoms with van der Waals surface area (Å²) >= 11 is 0. The minimum absolute atomic E-state index is 0.0720. The summed E-state index contributed by atoms with van der Waals surface area (Å²) in [5.74, 6) is 0.130. The van der Waals surface area contributed by atoms with Gasteiger partial charge >= 0.3 is 0 Å². The molecule has 3 aromatic carbocycles. The lowest BCUT2D eigenvalue weighted by Crippen LogP contribution is -1.98. The molecule has 0 fully saturated rings. The Kier molecular flexibility index (Phi) is 3.59. The van der Waals surface area contributed by atoms with E-state index < -0.39 is 11.9 Å². The van der Waals surface area contributed by atoms with E-state index >= 15 is 0 Å². The zero-order valence-electron chi connectivity index (χ0n) is 11.6. The first-order chi connectivity index (χ1) is 10.1. The second-order valence-electron chi connectivity index (χ2n) is 4.95. The van der Waals surface area contributed by atoms with Crippen molar-refractivity contribution in [3.63, 3.8) is 0 Å². The largest absolute Gasteiger partial charge is 0.454 e. The maximum atomic E-state index is 14.0. The van der Waals surface area contributed by atoms with Crippen LogP contribution in [0.2, 0.25) is 0 Å². The number of benzene rings is 3. The van der Waals surface area contributed by atoms with Crippen LogP contribution >= 0.6 is 0 Å². The Morgan fingerprint density at radius 3 is 2.48 bits per heavy atom. The number of para-hydroxylation sites is 1. The van der Waals surface area contributed by atoms with Crippen LogP contribution in [0.1, 0.15) is 18.6 Å². The van der Waals surface area contributed by atoms with E-state index in [1.54, 1.807) is 25.1 Å². The highest BCUT2D eigenvalue weighted by Gasteiger charge is 2.14. The Morgan fingerprint density at radius 1 is 0.952 bits per heavy atom. The van der Waals surface area contributed by atoms with E-state index in [1.807, 2.05) is 36.4 Å². The average molecular weight is 282 g/mol. The maximum Gasteiger partial charge on any atom is 0.168 e. The van der Waals surface area contributed by atoms with E-state index in [4.69, 9.17) is 4.74 Å². The molecule has 0 aromatic heterocycles. The third-order valence-corrected chi connectivity index (χ3v) is 3.39. The molecule has 1 N–H and O–H groups in total. The van der Waals surface area contributed by atoms with Crippen molar-refractivity contribution in [2.45, 2.75) is 13.0 Å². The molecule has 1 unspecified atom stereocenters. The third-order valence-electron chi connectivity index (χ3n) is 3.39. The van der Waals surface area contributed by atoms with Crippen molar-refractivity contribution in [2.24, 2.45) is 0 Å². The van der Waals surface area contributed by atoms with Crippen LogP contribution in [-0.2, 0) is 0 Å². The number of rotatable bonds is 3. The molecule has 0 radical (unpaired) electrons. The predicted octanol–water partition coefficient (Wildman–Crippen LogP) is 4.82. The van der Waals surface area contributed by atoms with Gasteiger partial charge in [-0.2, -0.15) is 0 Å². The summed E-state index contributed by atoms with van der Waals surface area (Å²) in [6.45, 7) is 1.59. The van der Waals surface area contributed by atoms with Crippen LogP contribution in [0.4, 0.5) is 4.39 Å². The second kappa shape index (κ2) is 5.54. The van der Waals surface area contributed by atoms with Crippen molar-refractivity contribution in [2.75, 3.05) is 0 Å². The van der Waals surface area contributed by atoms with Crippen molar-refractivity contribution in [1.82, 2.24) is 0 Å². The highest BCUT2D eigenvalue weighted by atomic mass is 19.1. The number of aliphatic hydroxyl groups is 1. The Morgan fingerprint density at radius 2 is 1.71 bits per heavy atom. The van der Waals surface area contributed by atoms with Gasteiger partial charge in [0.2, 0.25) is 0 Å². The molecule has 106 valence electrons. The highest BCUT2D eigenvalue weighted by molar-refractivity contribution is 5.83. The molecule has 3 rings (SSSR count). The van der Waals surface area contributed by atoms with Gasteiger partial charge in [-0.25, -0.2) is 4.39 Å². The number of hydrogen-bond acceptors (Lipinski definition) is 2. The molecule has 3 heteroatoms. The van der Waals surface area contributed by atoms with Gasteiger partial charge in [-0.05, 0) is 35.9 Å². The zero-order valence-corrected chi connectivity index (χ0v) is 11.6. The van der Waals surface area contributed by atoms with Crippen LogP contribution in [0.3, 0.4) is 0 Å². The summed E-state index contributed by atoms with van der Waals surface area (Å²) in [7, 11) is 0. The number of aliphatic hydroxyl groups excluding tert-OH is 1. The predicted molar refractivity (Wildman–Crippen MR) is 81.1 cm³/mol. The molecule has 2 nitrogen and oxygen atoms in total. The molecule has 0 spiro atoms. The van der Waals surface area contributed by atoms with Gasteiger partial charge in [0.15, 0.2) is 11.6 Å². The van der Waals surface area contributed by atoms with Crippen LogP contribution in [0.25, 0.3) is 10.8 Å². The molecular weight excluding hydrogens is 267 g/mol. The van der Waals surface area contributed by atoms with Gasteiger partial charge in [0.1, 0.15) is 5.75 Å². The maximum absolute atomic E-state index is 14.0. The van der Waals surface area contributed by atoms with Crippen molar-refractivity contribution in [1.29, 1.82) is 0 Å². The SMILES string of the molecule is CC(O)c1cccc(F)c1Oc1ccc2ccccc2c1. The molecule has 0 amide bonds. The average Bonchev–Trinajstić information content (AvgIpc) is 2.49. The fourth-order valence-electron chi connectivity index (χ4n) is 2.31. The zero-order chi connectivity index (χ0) is 14.8. The highest BCUT2D eigenvalue weighted by Crippen LogP contribution is 2.33. The van der Waals surface area contributed by atoms with Crippen LogP contribution in [0.5, 0.6) is 11.5 Å². The van der Waals surface area contributed by atoms with E-state index in [9.17, 15) is 9.50 Å². The summed E-state index contributed by atoms with van der Waals surface area (Å²) in [4.78, 5) is 0. The lowest BCUT2D eigenvalue weighted by Gasteiger charge is -2.14. The molecule has 0 aliphatic carbocycles. The van der Waals surface area contributed by atoms with Gasteiger partial charge in [0.25, 0.3) is 0 Å². The smallest absolute Gasteiger partial charge is 0.168 e. The Hall–Kier alpha value is -2.39. The first kappa shape index (κ1) is 13.6. The molecule has 1 atom stereocenters. The number of hydrogen-bond donors (Lipinski definition) is 1. The molecule has 0 heterocycles. The van der Waals surface area contributed by atoms with Gasteiger partial charge in [-0.1, -0.05) is 42.5 Å². The summed E-state index contributed by atoms with van der Waals surface area (Å²) in [6.07, 6.45) is -0.795. The topological polar surface area (TPSA) is 29.5 Å². The van der Waals surface area contributed by atoms with Gasteiger partial charge in [-0.15, -0.1) is 0 Å². The number of ether oxygens (including phenoxy) is 1. The summed E-state index contributed by atoms with van der Waals surface area (Å²) < 4.78 is 19.6. The first-order valence-electron chi connectivity index (χ1n) is 6.78. The molecule has 21 heavy (non-hydrogen) atoms. The number of halogens is 1. The standard InChI is InChI=1S/C18H15FO2/c1-12(20)16-7-4-8-17(19)18(16)21-15-10-9-13-5-2-3-6-14(13)11-15/h2-12,20H,1H3. The summed E-state index contributed by atoms with van der Waals surface area (Å²) in [6, 6.07) is 18.0. The minimum atomic E-state index is -0.795. The van der Waals surface area contributed by atoms with Gasteiger partial charge in [-0.3, -0.25) is 0 Å². The van der Waals surface area contributed by atoms with Crippen molar-refractivity contribution in [3.05, 3.63) is 72.0 Å². The Balaban J connectivity index is 2.02. The molecule has 0 aliphatic rings. The molecule has 3 aromatic rings. The molecule has 0 bridgehead atoms. The summed E-state index contributed by atoms with van der Waals surface area (Å²) in [5, 5.41) is 11.8. The van der Waals surface area contributed by atoms with E-state index in [-0.39, 0.29) is 5.75 Å². The van der Waals surface area contributed by atoms with Crippen LogP contribution in [-0.4, -0.2) is 5.11 Å². The molecule has 0 saturated carbocycles. The first-order valence-corrected chi connectivity index (χ1v) is 6.78. The van der Waals surface area contributed by atoms with Crippen molar-refractivity contribution < 1.29 is 14.2 Å². The molecule has 0 aliphatic heterocycles. The normalized spacial score (nSPS) is 12.3. The molecular formula is C18H15FO2. The van der Waals surface area contributed by atoms with Crippen molar-refractivity contribution in [3.8, 4) is 11.5 Å². The van der Waals surface area contributed by atoms with Gasteiger partial charge in [0.05, 0.1) is 6.10 Å². The lowest BCUT2D eigenvalue weighted by molar-refractivity contribution is 0.194. The van der Waals surface area contributed by atoms with Crippen LogP contribution in [0.15, 0.2) is 60.7 Å².